The van der Waals surface area contributed by atoms with Gasteiger partial charge in [0, 0.05) is 36.7 Å². The molecule has 1 saturated heterocycles. The zero-order chi connectivity index (χ0) is 26.0. The van der Waals surface area contributed by atoms with Gasteiger partial charge in [-0.25, -0.2) is 9.18 Å². The zero-order valence-electron chi connectivity index (χ0n) is 18.5. The summed E-state index contributed by atoms with van der Waals surface area (Å²) < 4.78 is 59.1. The topological polar surface area (TPSA) is 114 Å². The maximum absolute atomic E-state index is 14.0. The van der Waals surface area contributed by atoms with Crippen molar-refractivity contribution in [3.05, 3.63) is 64.5 Å². The number of rotatable bonds is 6. The van der Waals surface area contributed by atoms with E-state index in [4.69, 9.17) is 4.74 Å². The first-order valence-electron chi connectivity index (χ1n) is 10.7. The van der Waals surface area contributed by atoms with Crippen LogP contribution in [0.1, 0.15) is 39.9 Å². The molecule has 1 unspecified atom stereocenters. The number of nitrogens with zero attached hydrogens (tertiary/aromatic N) is 1. The molecule has 2 N–H and O–H groups in total. The summed E-state index contributed by atoms with van der Waals surface area (Å²) in [7, 11) is 0. The van der Waals surface area contributed by atoms with Gasteiger partial charge < -0.3 is 19.7 Å². The van der Waals surface area contributed by atoms with Gasteiger partial charge in [-0.2, -0.15) is 0 Å². The number of ether oxygens (including phenoxy) is 2. The third-order valence-corrected chi connectivity index (χ3v) is 5.65. The minimum Gasteiger partial charge on any atom is -0.445 e. The molecule has 2 heterocycles. The molecule has 4 amide bonds. The molecule has 2 aromatic rings. The van der Waals surface area contributed by atoms with E-state index in [9.17, 15) is 36.7 Å². The molecule has 9 nitrogen and oxygen atoms in total. The van der Waals surface area contributed by atoms with Gasteiger partial charge in [0.25, 0.3) is 5.91 Å². The number of fused-ring (bicyclic) bond motifs is 1. The molecule has 190 valence electrons. The molecular formula is C23H19F4N3O6. The van der Waals surface area contributed by atoms with Crippen molar-refractivity contribution in [2.24, 2.45) is 0 Å². The number of alkyl carbamates (subject to hydrolysis) is 1. The van der Waals surface area contributed by atoms with Crippen LogP contribution in [0, 0.1) is 5.82 Å². The molecule has 2 aromatic carbocycles. The van der Waals surface area contributed by atoms with Crippen LogP contribution in [0.4, 0.5) is 22.4 Å². The van der Waals surface area contributed by atoms with E-state index in [0.717, 1.165) is 12.1 Å². The Kier molecular flexibility index (Phi) is 6.82. The van der Waals surface area contributed by atoms with E-state index in [1.54, 1.807) is 18.2 Å². The average molecular weight is 509 g/mol. The fourth-order valence-corrected chi connectivity index (χ4v) is 3.92. The van der Waals surface area contributed by atoms with Crippen LogP contribution >= 0.6 is 0 Å². The van der Waals surface area contributed by atoms with Crippen molar-refractivity contribution in [1.29, 1.82) is 0 Å². The Morgan fingerprint density at radius 2 is 1.92 bits per heavy atom. The maximum atomic E-state index is 14.0. The van der Waals surface area contributed by atoms with Crippen LogP contribution in [0.25, 0.3) is 0 Å². The highest BCUT2D eigenvalue weighted by Crippen LogP contribution is 2.28. The van der Waals surface area contributed by atoms with E-state index < -0.39 is 42.6 Å². The van der Waals surface area contributed by atoms with Crippen LogP contribution in [0.15, 0.2) is 36.4 Å². The van der Waals surface area contributed by atoms with Crippen molar-refractivity contribution in [2.75, 3.05) is 0 Å². The Bertz CT molecular complexity index is 1230. The molecule has 0 bridgehead atoms. The molecule has 0 radical (unpaired) electrons. The lowest BCUT2D eigenvalue weighted by Crippen LogP contribution is -2.52. The summed E-state index contributed by atoms with van der Waals surface area (Å²) in [4.78, 5) is 49.7. The van der Waals surface area contributed by atoms with E-state index in [-0.39, 0.29) is 43.3 Å². The molecule has 2 aliphatic heterocycles. The van der Waals surface area contributed by atoms with Crippen molar-refractivity contribution in [3.8, 4) is 5.75 Å². The van der Waals surface area contributed by atoms with Gasteiger partial charge in [-0.3, -0.25) is 19.7 Å². The zero-order valence-corrected chi connectivity index (χ0v) is 18.5. The summed E-state index contributed by atoms with van der Waals surface area (Å²) in [5.41, 5.74) is 1.47. The highest BCUT2D eigenvalue weighted by molar-refractivity contribution is 6.05. The molecule has 0 saturated carbocycles. The number of piperidine rings is 1. The molecule has 4 rings (SSSR count). The smallest absolute Gasteiger partial charge is 0.445 e. The minimum atomic E-state index is -4.96. The van der Waals surface area contributed by atoms with Crippen LogP contribution < -0.4 is 15.4 Å². The van der Waals surface area contributed by atoms with E-state index in [0.29, 0.717) is 22.8 Å². The number of carbonyl (C=O) groups excluding carboxylic acids is 4. The number of benzene rings is 2. The largest absolute Gasteiger partial charge is 0.573 e. The lowest BCUT2D eigenvalue weighted by atomic mass is 10.0. The summed E-state index contributed by atoms with van der Waals surface area (Å²) in [6.45, 7) is -0.346. The SMILES string of the molecule is O=C1CCC(N2Cc3ccc(CNC(=O)OCc4ccc(OC(F)(F)F)cc4F)cc3C2=O)C(=O)N1. The van der Waals surface area contributed by atoms with E-state index in [1.165, 1.54) is 4.90 Å². The summed E-state index contributed by atoms with van der Waals surface area (Å²) >= 11 is 0. The predicted octanol–water partition coefficient (Wildman–Crippen LogP) is 2.91. The third kappa shape index (κ3) is 5.73. The molecule has 0 spiro atoms. The average Bonchev–Trinajstić information content (AvgIpc) is 3.12. The standard InChI is InChI=1S/C23H19F4N3O6/c24-17-8-15(36-23(25,26)27)4-3-14(17)11-35-22(34)28-9-12-1-2-13-10-30(21(33)16(13)7-12)18-5-6-19(31)29-20(18)32/h1-4,7-8,18H,5-6,9-11H2,(H,28,34)(H,29,31,32). The second-order valence-corrected chi connectivity index (χ2v) is 8.12. The lowest BCUT2D eigenvalue weighted by molar-refractivity contribution is -0.274. The highest BCUT2D eigenvalue weighted by atomic mass is 19.4. The molecule has 13 heteroatoms. The molecule has 1 fully saturated rings. The first-order chi connectivity index (χ1) is 17.0. The Morgan fingerprint density at radius 1 is 1.14 bits per heavy atom. The van der Waals surface area contributed by atoms with E-state index in [1.807, 2.05) is 0 Å². The van der Waals surface area contributed by atoms with Gasteiger partial charge in [-0.1, -0.05) is 12.1 Å². The van der Waals surface area contributed by atoms with Crippen molar-refractivity contribution in [2.45, 2.75) is 44.9 Å². The van der Waals surface area contributed by atoms with Crippen molar-refractivity contribution in [1.82, 2.24) is 15.5 Å². The fraction of sp³-hybridized carbons (Fsp3) is 0.304. The first-order valence-corrected chi connectivity index (χ1v) is 10.7. The predicted molar refractivity (Wildman–Crippen MR) is 113 cm³/mol. The Labute approximate surface area is 201 Å². The molecule has 0 aromatic heterocycles. The quantitative estimate of drug-likeness (QED) is 0.457. The van der Waals surface area contributed by atoms with Gasteiger partial charge in [0.2, 0.25) is 11.8 Å². The van der Waals surface area contributed by atoms with Crippen molar-refractivity contribution < 1.29 is 46.2 Å². The monoisotopic (exact) mass is 509 g/mol. The number of amides is 4. The number of alkyl halides is 3. The van der Waals surface area contributed by atoms with Gasteiger partial charge in [-0.15, -0.1) is 13.2 Å². The number of hydrogen-bond donors (Lipinski definition) is 2. The molecule has 0 aliphatic carbocycles. The number of nitrogens with one attached hydrogen (secondary N) is 2. The van der Waals surface area contributed by atoms with Crippen LogP contribution in [0.5, 0.6) is 5.75 Å². The molecular weight excluding hydrogens is 490 g/mol. The van der Waals surface area contributed by atoms with Crippen LogP contribution in [0.3, 0.4) is 0 Å². The normalized spacial score (nSPS) is 17.5. The van der Waals surface area contributed by atoms with Gasteiger partial charge in [0.1, 0.15) is 24.2 Å². The highest BCUT2D eigenvalue weighted by Gasteiger charge is 2.39. The van der Waals surface area contributed by atoms with Gasteiger partial charge in [0.15, 0.2) is 0 Å². The van der Waals surface area contributed by atoms with Gasteiger partial charge in [0.05, 0.1) is 0 Å². The van der Waals surface area contributed by atoms with E-state index in [2.05, 4.69) is 15.4 Å². The first kappa shape index (κ1) is 24.9. The fourth-order valence-electron chi connectivity index (χ4n) is 3.92. The van der Waals surface area contributed by atoms with Crippen LogP contribution in [0.2, 0.25) is 0 Å². The summed E-state index contributed by atoms with van der Waals surface area (Å²) in [5.74, 6) is -3.04. The Hall–Kier alpha value is -4.16. The second-order valence-electron chi connectivity index (χ2n) is 8.12. The summed E-state index contributed by atoms with van der Waals surface area (Å²) in [6.07, 6.45) is -5.50. The number of hydrogen-bond acceptors (Lipinski definition) is 6. The van der Waals surface area contributed by atoms with Crippen LogP contribution in [-0.2, 0) is 34.0 Å². The van der Waals surface area contributed by atoms with Crippen LogP contribution in [-0.4, -0.2) is 41.1 Å². The number of imide groups is 1. The minimum absolute atomic E-state index is 0.0291. The molecule has 1 atom stereocenters. The van der Waals surface area contributed by atoms with Gasteiger partial charge >= 0.3 is 12.5 Å². The Balaban J connectivity index is 1.30. The second kappa shape index (κ2) is 9.84. The lowest BCUT2D eigenvalue weighted by Gasteiger charge is -2.29. The van der Waals surface area contributed by atoms with Crippen molar-refractivity contribution >= 4 is 23.8 Å². The molecule has 2 aliphatic rings. The molecule has 36 heavy (non-hydrogen) atoms. The summed E-state index contributed by atoms with van der Waals surface area (Å²) in [5, 5.41) is 4.67. The number of carbonyl (C=O) groups is 4. The van der Waals surface area contributed by atoms with Gasteiger partial charge in [-0.05, 0) is 35.7 Å². The van der Waals surface area contributed by atoms with E-state index >= 15 is 0 Å². The maximum Gasteiger partial charge on any atom is 0.573 e. The third-order valence-electron chi connectivity index (χ3n) is 5.65. The van der Waals surface area contributed by atoms with Crippen molar-refractivity contribution in [3.63, 3.8) is 0 Å². The summed E-state index contributed by atoms with van der Waals surface area (Å²) in [6, 6.07) is 6.64. The number of halogens is 4. The Morgan fingerprint density at radius 3 is 2.61 bits per heavy atom.